The SMILES string of the molecule is O=c1[nH]c(/C=C/c2cccc(Cl)c2)c([N+](=O)[O-])c(=O)[nH]1. The van der Waals surface area contributed by atoms with Gasteiger partial charge in [0.25, 0.3) is 0 Å². The minimum atomic E-state index is -1.05. The Kier molecular flexibility index (Phi) is 3.81. The molecule has 1 heterocycles. The average molecular weight is 294 g/mol. The average Bonchev–Trinajstić information content (AvgIpc) is 2.35. The van der Waals surface area contributed by atoms with Gasteiger partial charge in [-0.1, -0.05) is 29.8 Å². The van der Waals surface area contributed by atoms with E-state index in [0.717, 1.165) is 0 Å². The zero-order chi connectivity index (χ0) is 14.7. The van der Waals surface area contributed by atoms with Crippen LogP contribution in [-0.4, -0.2) is 14.9 Å². The topological polar surface area (TPSA) is 109 Å². The molecular formula is C12H8ClN3O4. The van der Waals surface area contributed by atoms with Gasteiger partial charge >= 0.3 is 16.9 Å². The summed E-state index contributed by atoms with van der Waals surface area (Å²) >= 11 is 5.80. The second-order valence-corrected chi connectivity index (χ2v) is 4.25. The molecule has 0 unspecified atom stereocenters. The molecule has 20 heavy (non-hydrogen) atoms. The Morgan fingerprint density at radius 2 is 1.95 bits per heavy atom. The fourth-order valence-corrected chi connectivity index (χ4v) is 1.79. The van der Waals surface area contributed by atoms with Gasteiger partial charge in [-0.2, -0.15) is 0 Å². The van der Waals surface area contributed by atoms with E-state index in [1.807, 2.05) is 0 Å². The summed E-state index contributed by atoms with van der Waals surface area (Å²) in [7, 11) is 0. The maximum Gasteiger partial charge on any atom is 0.357 e. The van der Waals surface area contributed by atoms with E-state index in [1.54, 1.807) is 29.2 Å². The van der Waals surface area contributed by atoms with Crippen LogP contribution in [0.5, 0.6) is 0 Å². The van der Waals surface area contributed by atoms with E-state index in [0.29, 0.717) is 10.6 Å². The predicted octanol–water partition coefficient (Wildman–Crippen LogP) is 1.80. The van der Waals surface area contributed by atoms with Crippen molar-refractivity contribution in [3.63, 3.8) is 0 Å². The number of hydrogen-bond acceptors (Lipinski definition) is 4. The van der Waals surface area contributed by atoms with Crippen molar-refractivity contribution in [2.45, 2.75) is 0 Å². The number of hydrogen-bond donors (Lipinski definition) is 2. The smallest absolute Gasteiger partial charge is 0.301 e. The second kappa shape index (κ2) is 5.54. The number of halogens is 1. The van der Waals surface area contributed by atoms with Crippen molar-refractivity contribution < 1.29 is 4.92 Å². The van der Waals surface area contributed by atoms with Gasteiger partial charge < -0.3 is 4.98 Å². The molecule has 0 bridgehead atoms. The molecule has 0 saturated carbocycles. The summed E-state index contributed by atoms with van der Waals surface area (Å²) in [6, 6.07) is 6.74. The Hall–Kier alpha value is -2.67. The maximum absolute atomic E-state index is 11.4. The Morgan fingerprint density at radius 3 is 2.60 bits per heavy atom. The first kappa shape index (κ1) is 13.8. The summed E-state index contributed by atoms with van der Waals surface area (Å²) in [5.41, 5.74) is -2.09. The van der Waals surface area contributed by atoms with Gasteiger partial charge in [0.1, 0.15) is 5.69 Å². The molecule has 0 amide bonds. The van der Waals surface area contributed by atoms with Gasteiger partial charge in [0.15, 0.2) is 0 Å². The zero-order valence-corrected chi connectivity index (χ0v) is 10.7. The summed E-state index contributed by atoms with van der Waals surface area (Å²) in [5, 5.41) is 11.3. The van der Waals surface area contributed by atoms with Crippen LogP contribution < -0.4 is 11.2 Å². The lowest BCUT2D eigenvalue weighted by molar-refractivity contribution is -0.386. The van der Waals surface area contributed by atoms with Gasteiger partial charge in [-0.25, -0.2) is 4.79 Å². The highest BCUT2D eigenvalue weighted by molar-refractivity contribution is 6.30. The molecule has 2 rings (SSSR count). The van der Waals surface area contributed by atoms with Crippen LogP contribution in [0.3, 0.4) is 0 Å². The highest BCUT2D eigenvalue weighted by atomic mass is 35.5. The monoisotopic (exact) mass is 293 g/mol. The van der Waals surface area contributed by atoms with Gasteiger partial charge in [-0.05, 0) is 23.8 Å². The summed E-state index contributed by atoms with van der Waals surface area (Å²) in [5.74, 6) is 0. The van der Waals surface area contributed by atoms with Crippen LogP contribution in [-0.2, 0) is 0 Å². The van der Waals surface area contributed by atoms with E-state index in [-0.39, 0.29) is 5.69 Å². The number of H-pyrrole nitrogens is 2. The van der Waals surface area contributed by atoms with E-state index in [9.17, 15) is 19.7 Å². The van der Waals surface area contributed by atoms with Crippen molar-refractivity contribution in [3.8, 4) is 0 Å². The van der Waals surface area contributed by atoms with Crippen LogP contribution in [0.15, 0.2) is 33.9 Å². The van der Waals surface area contributed by atoms with Crippen LogP contribution >= 0.6 is 11.6 Å². The minimum Gasteiger partial charge on any atom is -0.301 e. The number of nitrogens with zero attached hydrogens (tertiary/aromatic N) is 1. The molecule has 7 nitrogen and oxygen atoms in total. The molecule has 1 aromatic heterocycles. The molecule has 0 radical (unpaired) electrons. The van der Waals surface area contributed by atoms with E-state index < -0.39 is 21.9 Å². The largest absolute Gasteiger partial charge is 0.357 e. The highest BCUT2D eigenvalue weighted by Gasteiger charge is 2.18. The molecular weight excluding hydrogens is 286 g/mol. The van der Waals surface area contributed by atoms with Gasteiger partial charge in [0.05, 0.1) is 4.92 Å². The molecule has 0 aliphatic rings. The molecule has 8 heteroatoms. The van der Waals surface area contributed by atoms with Crippen LogP contribution in [0.1, 0.15) is 11.3 Å². The Morgan fingerprint density at radius 1 is 1.20 bits per heavy atom. The number of rotatable bonds is 3. The van der Waals surface area contributed by atoms with Gasteiger partial charge in [0, 0.05) is 5.02 Å². The lowest BCUT2D eigenvalue weighted by Gasteiger charge is -1.97. The molecule has 0 atom stereocenters. The predicted molar refractivity (Wildman–Crippen MR) is 74.7 cm³/mol. The first-order chi connectivity index (χ1) is 9.47. The van der Waals surface area contributed by atoms with Crippen molar-refractivity contribution in [1.29, 1.82) is 0 Å². The van der Waals surface area contributed by atoms with Gasteiger partial charge in [-0.3, -0.25) is 19.9 Å². The fourth-order valence-electron chi connectivity index (χ4n) is 1.59. The molecule has 0 spiro atoms. The zero-order valence-electron chi connectivity index (χ0n) is 9.92. The normalized spacial score (nSPS) is 10.8. The quantitative estimate of drug-likeness (QED) is 0.664. The molecule has 1 aromatic carbocycles. The lowest BCUT2D eigenvalue weighted by Crippen LogP contribution is -2.25. The number of aromatic nitrogens is 2. The summed E-state index contributed by atoms with van der Waals surface area (Å²) in [4.78, 5) is 36.5. The Bertz CT molecular complexity index is 807. The van der Waals surface area contributed by atoms with Crippen molar-refractivity contribution in [3.05, 3.63) is 71.5 Å². The first-order valence-electron chi connectivity index (χ1n) is 5.42. The van der Waals surface area contributed by atoms with E-state index in [4.69, 9.17) is 11.6 Å². The van der Waals surface area contributed by atoms with E-state index >= 15 is 0 Å². The summed E-state index contributed by atoms with van der Waals surface area (Å²) in [6.45, 7) is 0. The standard InChI is InChI=1S/C12H8ClN3O4/c13-8-3-1-2-7(6-8)4-5-9-10(16(19)20)11(17)15-12(18)14-9/h1-6H,(H2,14,15,17,18)/b5-4+. The van der Waals surface area contributed by atoms with E-state index in [1.165, 1.54) is 12.2 Å². The fraction of sp³-hybridized carbons (Fsp3) is 0. The third-order valence-electron chi connectivity index (χ3n) is 2.42. The maximum atomic E-state index is 11.4. The first-order valence-corrected chi connectivity index (χ1v) is 5.80. The van der Waals surface area contributed by atoms with Crippen molar-refractivity contribution in [2.24, 2.45) is 0 Å². The molecule has 2 aromatic rings. The van der Waals surface area contributed by atoms with Crippen molar-refractivity contribution in [2.75, 3.05) is 0 Å². The van der Waals surface area contributed by atoms with E-state index in [2.05, 4.69) is 4.98 Å². The molecule has 0 fully saturated rings. The minimum absolute atomic E-state index is 0.177. The number of aromatic amines is 2. The Labute approximate surface area is 116 Å². The molecule has 2 N–H and O–H groups in total. The van der Waals surface area contributed by atoms with Gasteiger partial charge in [0.2, 0.25) is 0 Å². The van der Waals surface area contributed by atoms with Crippen molar-refractivity contribution in [1.82, 2.24) is 9.97 Å². The summed E-state index contributed by atoms with van der Waals surface area (Å²) in [6.07, 6.45) is 2.78. The van der Waals surface area contributed by atoms with Crippen LogP contribution in [0.4, 0.5) is 5.69 Å². The third-order valence-corrected chi connectivity index (χ3v) is 2.65. The molecule has 0 aliphatic heterocycles. The number of nitro groups is 1. The van der Waals surface area contributed by atoms with Crippen LogP contribution in [0.2, 0.25) is 5.02 Å². The second-order valence-electron chi connectivity index (χ2n) is 3.82. The number of nitrogens with one attached hydrogen (secondary N) is 2. The highest BCUT2D eigenvalue weighted by Crippen LogP contribution is 2.15. The molecule has 102 valence electrons. The third kappa shape index (κ3) is 3.01. The Balaban J connectivity index is 2.51. The van der Waals surface area contributed by atoms with Crippen molar-refractivity contribution >= 4 is 29.4 Å². The van der Waals surface area contributed by atoms with Crippen LogP contribution in [0.25, 0.3) is 12.2 Å². The van der Waals surface area contributed by atoms with Crippen LogP contribution in [0, 0.1) is 10.1 Å². The van der Waals surface area contributed by atoms with Gasteiger partial charge in [-0.15, -0.1) is 0 Å². The summed E-state index contributed by atoms with van der Waals surface area (Å²) < 4.78 is 0. The molecule has 0 aliphatic carbocycles. The number of benzene rings is 1. The lowest BCUT2D eigenvalue weighted by atomic mass is 10.2. The molecule has 0 saturated heterocycles.